The fourth-order valence-corrected chi connectivity index (χ4v) is 3.47. The molecule has 0 aliphatic carbocycles. The summed E-state index contributed by atoms with van der Waals surface area (Å²) in [6, 6.07) is 5.70. The van der Waals surface area contributed by atoms with E-state index in [0.717, 1.165) is 10.9 Å². The Kier molecular flexibility index (Phi) is 4.66. The zero-order valence-electron chi connectivity index (χ0n) is 16.7. The van der Waals surface area contributed by atoms with Crippen molar-refractivity contribution in [3.63, 3.8) is 0 Å². The molecule has 0 radical (unpaired) electrons. The lowest BCUT2D eigenvalue weighted by atomic mass is 9.90. The average Bonchev–Trinajstić information content (AvgIpc) is 2.62. The van der Waals surface area contributed by atoms with Crippen LogP contribution in [0.5, 0.6) is 5.75 Å². The summed E-state index contributed by atoms with van der Waals surface area (Å²) in [5.41, 5.74) is 9.68. The Balaban J connectivity index is 1.96. The Morgan fingerprint density at radius 3 is 1.96 bits per heavy atom. The Labute approximate surface area is 154 Å². The molecule has 0 fully saturated rings. The normalized spacial score (nSPS) is 11.2. The first-order chi connectivity index (χ1) is 12.2. The van der Waals surface area contributed by atoms with Gasteiger partial charge in [0, 0.05) is 17.0 Å². The van der Waals surface area contributed by atoms with Crippen LogP contribution in [0.1, 0.15) is 44.5 Å². The van der Waals surface area contributed by atoms with E-state index in [2.05, 4.69) is 34.6 Å². The monoisotopic (exact) mass is 350 g/mol. The fourth-order valence-electron chi connectivity index (χ4n) is 3.47. The first-order valence-corrected chi connectivity index (χ1v) is 8.95. The molecule has 3 aromatic rings. The highest BCUT2D eigenvalue weighted by atomic mass is 16.5. The van der Waals surface area contributed by atoms with E-state index in [1.807, 2.05) is 25.1 Å². The number of fused-ring (bicyclic) bond motifs is 1. The van der Waals surface area contributed by atoms with Gasteiger partial charge in [0.15, 0.2) is 0 Å². The van der Waals surface area contributed by atoms with Crippen LogP contribution in [0.2, 0.25) is 0 Å². The molecule has 0 unspecified atom stereocenters. The van der Waals surface area contributed by atoms with E-state index in [9.17, 15) is 4.79 Å². The SMILES string of the molecule is Cc1c(C)c(C)c(COc2ccc3c(C)c(C)c(=O)oc3c2)c(C)c1C. The van der Waals surface area contributed by atoms with Gasteiger partial charge in [-0.2, -0.15) is 0 Å². The fraction of sp³-hybridized carbons (Fsp3) is 0.348. The molecule has 3 heteroatoms. The first-order valence-electron chi connectivity index (χ1n) is 8.95. The van der Waals surface area contributed by atoms with Gasteiger partial charge in [-0.1, -0.05) is 0 Å². The van der Waals surface area contributed by atoms with Crippen LogP contribution in [0.3, 0.4) is 0 Å². The summed E-state index contributed by atoms with van der Waals surface area (Å²) in [4.78, 5) is 11.9. The molecule has 1 aromatic heterocycles. The zero-order chi connectivity index (χ0) is 19.2. The molecule has 0 aliphatic rings. The molecule has 0 atom stereocenters. The lowest BCUT2D eigenvalue weighted by molar-refractivity contribution is 0.304. The average molecular weight is 350 g/mol. The predicted octanol–water partition coefficient (Wildman–Crippen LogP) is 5.53. The van der Waals surface area contributed by atoms with Crippen LogP contribution < -0.4 is 10.4 Å². The van der Waals surface area contributed by atoms with E-state index in [-0.39, 0.29) is 5.63 Å². The molecule has 3 rings (SSSR count). The van der Waals surface area contributed by atoms with Crippen LogP contribution in [0.4, 0.5) is 0 Å². The van der Waals surface area contributed by atoms with Gasteiger partial charge in [0.25, 0.3) is 0 Å². The standard InChI is InChI=1S/C23H26O3/c1-12-13(2)15(4)21(16(5)14(12)3)11-25-19-8-9-20-17(6)18(7)23(24)26-22(20)10-19/h8-10H,11H2,1-7H3. The van der Waals surface area contributed by atoms with Crippen LogP contribution in [0.25, 0.3) is 11.0 Å². The minimum Gasteiger partial charge on any atom is -0.489 e. The van der Waals surface area contributed by atoms with E-state index in [4.69, 9.17) is 9.15 Å². The second kappa shape index (κ2) is 6.64. The van der Waals surface area contributed by atoms with Crippen molar-refractivity contribution in [2.75, 3.05) is 0 Å². The molecule has 3 nitrogen and oxygen atoms in total. The van der Waals surface area contributed by atoms with Crippen molar-refractivity contribution >= 4 is 11.0 Å². The molecule has 26 heavy (non-hydrogen) atoms. The van der Waals surface area contributed by atoms with Crippen LogP contribution >= 0.6 is 0 Å². The Hall–Kier alpha value is -2.55. The highest BCUT2D eigenvalue weighted by Gasteiger charge is 2.13. The van der Waals surface area contributed by atoms with Crippen molar-refractivity contribution in [2.24, 2.45) is 0 Å². The molecule has 0 aliphatic heterocycles. The van der Waals surface area contributed by atoms with E-state index in [1.54, 1.807) is 6.92 Å². The molecular weight excluding hydrogens is 324 g/mol. The molecule has 2 aromatic carbocycles. The number of benzene rings is 2. The van der Waals surface area contributed by atoms with Gasteiger partial charge in [0.2, 0.25) is 0 Å². The molecule has 0 saturated heterocycles. The minimum absolute atomic E-state index is 0.288. The van der Waals surface area contributed by atoms with Gasteiger partial charge in [-0.15, -0.1) is 0 Å². The molecule has 0 amide bonds. The molecule has 136 valence electrons. The predicted molar refractivity (Wildman–Crippen MR) is 106 cm³/mol. The summed E-state index contributed by atoms with van der Waals surface area (Å²) < 4.78 is 11.5. The van der Waals surface area contributed by atoms with Crippen LogP contribution in [0.15, 0.2) is 27.4 Å². The third-order valence-electron chi connectivity index (χ3n) is 5.97. The number of aryl methyl sites for hydroxylation is 1. The first kappa shape index (κ1) is 18.2. The number of hydrogen-bond acceptors (Lipinski definition) is 3. The third-order valence-corrected chi connectivity index (χ3v) is 5.97. The zero-order valence-corrected chi connectivity index (χ0v) is 16.7. The van der Waals surface area contributed by atoms with Gasteiger partial charge in [0.1, 0.15) is 17.9 Å². The van der Waals surface area contributed by atoms with Crippen molar-refractivity contribution in [2.45, 2.75) is 55.1 Å². The summed E-state index contributed by atoms with van der Waals surface area (Å²) in [5.74, 6) is 0.707. The van der Waals surface area contributed by atoms with E-state index in [1.165, 1.54) is 33.4 Å². The quantitative estimate of drug-likeness (QED) is 0.583. The smallest absolute Gasteiger partial charge is 0.339 e. The number of hydrogen-bond donors (Lipinski definition) is 0. The molecule has 1 heterocycles. The van der Waals surface area contributed by atoms with Gasteiger partial charge in [-0.25, -0.2) is 4.79 Å². The second-order valence-corrected chi connectivity index (χ2v) is 7.19. The van der Waals surface area contributed by atoms with Crippen molar-refractivity contribution < 1.29 is 9.15 Å². The molecule has 0 N–H and O–H groups in total. The Morgan fingerprint density at radius 2 is 1.35 bits per heavy atom. The Morgan fingerprint density at radius 1 is 0.769 bits per heavy atom. The van der Waals surface area contributed by atoms with Crippen molar-refractivity contribution in [1.29, 1.82) is 0 Å². The summed E-state index contributed by atoms with van der Waals surface area (Å²) in [7, 11) is 0. The van der Waals surface area contributed by atoms with Crippen LogP contribution in [0, 0.1) is 48.5 Å². The molecule has 0 saturated carbocycles. The highest BCUT2D eigenvalue weighted by molar-refractivity contribution is 5.82. The molecule has 0 spiro atoms. The Bertz CT molecular complexity index is 1040. The topological polar surface area (TPSA) is 39.4 Å². The summed E-state index contributed by atoms with van der Waals surface area (Å²) in [6.07, 6.45) is 0. The van der Waals surface area contributed by atoms with Gasteiger partial charge >= 0.3 is 5.63 Å². The van der Waals surface area contributed by atoms with Crippen LogP contribution in [-0.2, 0) is 6.61 Å². The minimum atomic E-state index is -0.288. The van der Waals surface area contributed by atoms with Gasteiger partial charge in [0.05, 0.1) is 0 Å². The lowest BCUT2D eigenvalue weighted by Crippen LogP contribution is -2.07. The summed E-state index contributed by atoms with van der Waals surface area (Å²) in [5, 5.41) is 0.948. The van der Waals surface area contributed by atoms with Gasteiger partial charge < -0.3 is 9.15 Å². The van der Waals surface area contributed by atoms with E-state index >= 15 is 0 Å². The highest BCUT2D eigenvalue weighted by Crippen LogP contribution is 2.28. The van der Waals surface area contributed by atoms with Gasteiger partial charge in [-0.05, 0) is 99.5 Å². The maximum absolute atomic E-state index is 11.9. The number of rotatable bonds is 3. The number of ether oxygens (including phenoxy) is 1. The second-order valence-electron chi connectivity index (χ2n) is 7.19. The summed E-state index contributed by atoms with van der Waals surface area (Å²) in [6.45, 7) is 15.0. The van der Waals surface area contributed by atoms with E-state index in [0.29, 0.717) is 23.5 Å². The van der Waals surface area contributed by atoms with Gasteiger partial charge in [-0.3, -0.25) is 0 Å². The van der Waals surface area contributed by atoms with Crippen LogP contribution in [-0.4, -0.2) is 0 Å². The van der Waals surface area contributed by atoms with E-state index < -0.39 is 0 Å². The maximum Gasteiger partial charge on any atom is 0.339 e. The maximum atomic E-state index is 11.9. The third kappa shape index (κ3) is 2.92. The molecule has 0 bridgehead atoms. The van der Waals surface area contributed by atoms with Crippen molar-refractivity contribution in [1.82, 2.24) is 0 Å². The molecular formula is C23H26O3. The van der Waals surface area contributed by atoms with Crippen molar-refractivity contribution in [3.05, 3.63) is 73.1 Å². The largest absolute Gasteiger partial charge is 0.489 e. The van der Waals surface area contributed by atoms with Crippen molar-refractivity contribution in [3.8, 4) is 5.75 Å². The summed E-state index contributed by atoms with van der Waals surface area (Å²) >= 11 is 0. The lowest BCUT2D eigenvalue weighted by Gasteiger charge is -2.19.